The van der Waals surface area contributed by atoms with Gasteiger partial charge in [-0.15, -0.1) is 0 Å². The maximum absolute atomic E-state index is 5.86. The smallest absolute Gasteiger partial charge is 0.261 e. The maximum atomic E-state index is 5.86. The van der Waals surface area contributed by atoms with Crippen molar-refractivity contribution in [2.24, 2.45) is 4.99 Å². The van der Waals surface area contributed by atoms with E-state index in [2.05, 4.69) is 37.2 Å². The summed E-state index contributed by atoms with van der Waals surface area (Å²) in [6, 6.07) is 1.75. The monoisotopic (exact) mass is 240 g/mol. The van der Waals surface area contributed by atoms with Crippen LogP contribution in [-0.4, -0.2) is 28.2 Å². The SMILES string of the molecule is S=C=Nc1nc(Cl)cc(N2CCCC2)n1. The molecule has 0 spiro atoms. The Morgan fingerprint density at radius 1 is 1.40 bits per heavy atom. The molecule has 15 heavy (non-hydrogen) atoms. The van der Waals surface area contributed by atoms with Crippen LogP contribution in [-0.2, 0) is 0 Å². The first-order chi connectivity index (χ1) is 7.29. The summed E-state index contributed by atoms with van der Waals surface area (Å²) in [5, 5.41) is 2.62. The maximum Gasteiger partial charge on any atom is 0.261 e. The summed E-state index contributed by atoms with van der Waals surface area (Å²) in [5.41, 5.74) is 0. The molecule has 0 radical (unpaired) electrons. The Bertz CT molecular complexity index is 411. The fourth-order valence-electron chi connectivity index (χ4n) is 1.59. The third kappa shape index (κ3) is 2.50. The second-order valence-electron chi connectivity index (χ2n) is 3.25. The standard InChI is InChI=1S/C9H9ClN4S/c10-7-5-8(14-3-1-2-4-14)13-9(12-7)11-6-15/h5H,1-4H2. The largest absolute Gasteiger partial charge is 0.356 e. The van der Waals surface area contributed by atoms with Gasteiger partial charge < -0.3 is 4.90 Å². The second-order valence-corrected chi connectivity index (χ2v) is 3.82. The van der Waals surface area contributed by atoms with Gasteiger partial charge in [-0.2, -0.15) is 15.0 Å². The van der Waals surface area contributed by atoms with Crippen molar-refractivity contribution in [3.63, 3.8) is 0 Å². The Kier molecular flexibility index (Phi) is 3.26. The Morgan fingerprint density at radius 2 is 2.13 bits per heavy atom. The Balaban J connectivity index is 2.33. The average molecular weight is 241 g/mol. The molecule has 0 bridgehead atoms. The number of hydrogen-bond acceptors (Lipinski definition) is 5. The third-order valence-corrected chi connectivity index (χ3v) is 2.53. The van der Waals surface area contributed by atoms with E-state index in [0.29, 0.717) is 5.15 Å². The molecular formula is C9H9ClN4S. The molecule has 0 aromatic carbocycles. The van der Waals surface area contributed by atoms with Crippen LogP contribution in [0.3, 0.4) is 0 Å². The van der Waals surface area contributed by atoms with E-state index < -0.39 is 0 Å². The van der Waals surface area contributed by atoms with Crippen molar-refractivity contribution in [3.8, 4) is 0 Å². The molecule has 0 amide bonds. The molecule has 1 aliphatic heterocycles. The highest BCUT2D eigenvalue weighted by Crippen LogP contribution is 2.22. The zero-order valence-electron chi connectivity index (χ0n) is 7.98. The van der Waals surface area contributed by atoms with Gasteiger partial charge in [-0.3, -0.25) is 0 Å². The van der Waals surface area contributed by atoms with Crippen LogP contribution in [0.15, 0.2) is 11.1 Å². The van der Waals surface area contributed by atoms with Gasteiger partial charge in [0, 0.05) is 19.2 Å². The zero-order chi connectivity index (χ0) is 10.7. The molecule has 1 aliphatic rings. The summed E-state index contributed by atoms with van der Waals surface area (Å²) < 4.78 is 0. The van der Waals surface area contributed by atoms with Gasteiger partial charge in [0.25, 0.3) is 5.95 Å². The highest BCUT2D eigenvalue weighted by atomic mass is 35.5. The Labute approximate surface area is 98.0 Å². The van der Waals surface area contributed by atoms with Gasteiger partial charge in [-0.05, 0) is 25.1 Å². The van der Waals surface area contributed by atoms with Crippen molar-refractivity contribution in [2.45, 2.75) is 12.8 Å². The normalized spacial score (nSPS) is 15.1. The summed E-state index contributed by atoms with van der Waals surface area (Å²) in [6.07, 6.45) is 2.38. The van der Waals surface area contributed by atoms with Crippen LogP contribution in [0.5, 0.6) is 0 Å². The molecule has 1 fully saturated rings. The molecule has 1 aromatic rings. The van der Waals surface area contributed by atoms with Gasteiger partial charge in [-0.1, -0.05) is 11.6 Å². The number of nitrogens with zero attached hydrogens (tertiary/aromatic N) is 4. The fraction of sp³-hybridized carbons (Fsp3) is 0.444. The Hall–Kier alpha value is -1.03. The van der Waals surface area contributed by atoms with Crippen molar-refractivity contribution >= 4 is 40.7 Å². The van der Waals surface area contributed by atoms with Gasteiger partial charge in [-0.25, -0.2) is 0 Å². The number of aromatic nitrogens is 2. The number of thiocarbonyl (C=S) groups is 1. The molecule has 2 rings (SSSR count). The minimum atomic E-state index is 0.277. The average Bonchev–Trinajstić information content (AvgIpc) is 2.70. The van der Waals surface area contributed by atoms with Crippen molar-refractivity contribution in [1.29, 1.82) is 0 Å². The van der Waals surface area contributed by atoms with Gasteiger partial charge >= 0.3 is 0 Å². The molecule has 0 unspecified atom stereocenters. The van der Waals surface area contributed by atoms with E-state index >= 15 is 0 Å². The Morgan fingerprint density at radius 3 is 2.80 bits per heavy atom. The lowest BCUT2D eigenvalue weighted by Gasteiger charge is -2.15. The first-order valence-electron chi connectivity index (χ1n) is 4.67. The summed E-state index contributed by atoms with van der Waals surface area (Å²) in [4.78, 5) is 14.1. The van der Waals surface area contributed by atoms with E-state index in [0.717, 1.165) is 18.9 Å². The van der Waals surface area contributed by atoms with Crippen molar-refractivity contribution in [2.75, 3.05) is 18.0 Å². The second kappa shape index (κ2) is 4.66. The first-order valence-corrected chi connectivity index (χ1v) is 5.45. The molecule has 6 heteroatoms. The summed E-state index contributed by atoms with van der Waals surface area (Å²) in [7, 11) is 0. The van der Waals surface area contributed by atoms with Crippen LogP contribution in [0, 0.1) is 0 Å². The van der Waals surface area contributed by atoms with E-state index in [1.165, 1.54) is 12.8 Å². The van der Waals surface area contributed by atoms with Crippen LogP contribution >= 0.6 is 23.8 Å². The summed E-state index contributed by atoms with van der Waals surface area (Å²) in [5.74, 6) is 1.09. The highest BCUT2D eigenvalue weighted by molar-refractivity contribution is 7.78. The predicted molar refractivity (Wildman–Crippen MR) is 63.2 cm³/mol. The van der Waals surface area contributed by atoms with Gasteiger partial charge in [0.2, 0.25) is 0 Å². The third-order valence-electron chi connectivity index (χ3n) is 2.25. The van der Waals surface area contributed by atoms with E-state index in [4.69, 9.17) is 11.6 Å². The van der Waals surface area contributed by atoms with E-state index in [9.17, 15) is 0 Å². The van der Waals surface area contributed by atoms with Gasteiger partial charge in [0.1, 0.15) is 11.0 Å². The van der Waals surface area contributed by atoms with E-state index in [1.54, 1.807) is 6.07 Å². The molecule has 0 aliphatic carbocycles. The lowest BCUT2D eigenvalue weighted by atomic mass is 10.4. The van der Waals surface area contributed by atoms with Crippen LogP contribution in [0.2, 0.25) is 5.15 Å². The quantitative estimate of drug-likeness (QED) is 0.452. The molecule has 1 saturated heterocycles. The minimum absolute atomic E-state index is 0.277. The van der Waals surface area contributed by atoms with Crippen molar-refractivity contribution in [1.82, 2.24) is 9.97 Å². The first kappa shape index (κ1) is 10.5. The molecule has 0 N–H and O–H groups in total. The van der Waals surface area contributed by atoms with Crippen molar-refractivity contribution in [3.05, 3.63) is 11.2 Å². The number of isothiocyanates is 1. The van der Waals surface area contributed by atoms with Crippen LogP contribution < -0.4 is 4.90 Å². The number of rotatable bonds is 2. The lowest BCUT2D eigenvalue weighted by molar-refractivity contribution is 0.927. The molecular weight excluding hydrogens is 232 g/mol. The summed E-state index contributed by atoms with van der Waals surface area (Å²) >= 11 is 10.4. The van der Waals surface area contributed by atoms with Crippen LogP contribution in [0.1, 0.15) is 12.8 Å². The highest BCUT2D eigenvalue weighted by Gasteiger charge is 2.15. The van der Waals surface area contributed by atoms with Crippen molar-refractivity contribution < 1.29 is 0 Å². The number of anilines is 1. The number of hydrogen-bond donors (Lipinski definition) is 0. The van der Waals surface area contributed by atoms with Gasteiger partial charge in [0.15, 0.2) is 0 Å². The fourth-order valence-corrected chi connectivity index (χ4v) is 1.85. The zero-order valence-corrected chi connectivity index (χ0v) is 9.55. The molecule has 2 heterocycles. The molecule has 0 saturated carbocycles. The number of halogens is 1. The topological polar surface area (TPSA) is 41.4 Å². The molecule has 1 aromatic heterocycles. The van der Waals surface area contributed by atoms with E-state index in [1.807, 2.05) is 0 Å². The van der Waals surface area contributed by atoms with E-state index in [-0.39, 0.29) is 5.95 Å². The summed E-state index contributed by atoms with van der Waals surface area (Å²) in [6.45, 7) is 2.02. The lowest BCUT2D eigenvalue weighted by Crippen LogP contribution is -2.18. The predicted octanol–water partition coefficient (Wildman–Crippen LogP) is 2.46. The van der Waals surface area contributed by atoms with Gasteiger partial charge in [0.05, 0.1) is 5.16 Å². The molecule has 4 nitrogen and oxygen atoms in total. The van der Waals surface area contributed by atoms with Crippen LogP contribution in [0.25, 0.3) is 0 Å². The number of aliphatic imine (C=N–C) groups is 1. The molecule has 0 atom stereocenters. The minimum Gasteiger partial charge on any atom is -0.356 e. The van der Waals surface area contributed by atoms with Crippen LogP contribution in [0.4, 0.5) is 11.8 Å². The molecule has 78 valence electrons.